The summed E-state index contributed by atoms with van der Waals surface area (Å²) in [5.41, 5.74) is 2.23. The Morgan fingerprint density at radius 2 is 1.67 bits per heavy atom. The molecule has 0 radical (unpaired) electrons. The van der Waals surface area contributed by atoms with E-state index in [1.54, 1.807) is 0 Å². The highest BCUT2D eigenvalue weighted by Gasteiger charge is 2.29. The summed E-state index contributed by atoms with van der Waals surface area (Å²) in [7, 11) is -3.10. The third kappa shape index (κ3) is 5.44. The van der Waals surface area contributed by atoms with E-state index in [-0.39, 0.29) is 11.8 Å². The van der Waals surface area contributed by atoms with Crippen molar-refractivity contribution in [2.75, 3.05) is 12.3 Å². The van der Waals surface area contributed by atoms with E-state index in [0.29, 0.717) is 5.92 Å². The molecule has 0 fully saturated rings. The molecule has 2 unspecified atom stereocenters. The standard InChI is InChI=1S/C17H29NO2S/c1-6-18-17(16-9-7-14(4)8-10-16)15(5)21(19,20)12-11-13(2)3/h7-10,13,15,17-18H,6,11-12H2,1-5H3. The van der Waals surface area contributed by atoms with Crippen molar-refractivity contribution >= 4 is 9.84 Å². The zero-order valence-electron chi connectivity index (χ0n) is 13.9. The first-order valence-corrected chi connectivity index (χ1v) is 9.51. The van der Waals surface area contributed by atoms with Gasteiger partial charge in [0.1, 0.15) is 0 Å². The van der Waals surface area contributed by atoms with Crippen LogP contribution >= 0.6 is 0 Å². The second-order valence-corrected chi connectivity index (χ2v) is 8.68. The summed E-state index contributed by atoms with van der Waals surface area (Å²) < 4.78 is 25.1. The molecule has 0 aliphatic carbocycles. The summed E-state index contributed by atoms with van der Waals surface area (Å²) in [4.78, 5) is 0. The molecule has 1 aromatic rings. The fourth-order valence-electron chi connectivity index (χ4n) is 2.34. The summed E-state index contributed by atoms with van der Waals surface area (Å²) >= 11 is 0. The molecular formula is C17H29NO2S. The van der Waals surface area contributed by atoms with Crippen LogP contribution in [0, 0.1) is 12.8 Å². The molecular weight excluding hydrogens is 282 g/mol. The van der Waals surface area contributed by atoms with Gasteiger partial charge in [0.05, 0.1) is 11.0 Å². The zero-order chi connectivity index (χ0) is 16.0. The van der Waals surface area contributed by atoms with Crippen LogP contribution in [0.5, 0.6) is 0 Å². The molecule has 120 valence electrons. The Morgan fingerprint density at radius 1 is 1.10 bits per heavy atom. The van der Waals surface area contributed by atoms with Crippen molar-refractivity contribution in [2.24, 2.45) is 5.92 Å². The van der Waals surface area contributed by atoms with E-state index in [1.807, 2.05) is 45.0 Å². The van der Waals surface area contributed by atoms with Gasteiger partial charge in [0.15, 0.2) is 9.84 Å². The molecule has 1 N–H and O–H groups in total. The summed E-state index contributed by atoms with van der Waals surface area (Å²) in [6.07, 6.45) is 0.722. The summed E-state index contributed by atoms with van der Waals surface area (Å²) in [5.74, 6) is 0.670. The maximum atomic E-state index is 12.6. The first kappa shape index (κ1) is 18.2. The van der Waals surface area contributed by atoms with E-state index >= 15 is 0 Å². The summed E-state index contributed by atoms with van der Waals surface area (Å²) in [6.45, 7) is 10.7. The molecule has 1 rings (SSSR count). The maximum absolute atomic E-state index is 12.6. The smallest absolute Gasteiger partial charge is 0.154 e. The fraction of sp³-hybridized carbons (Fsp3) is 0.647. The Bertz CT molecular complexity index is 520. The van der Waals surface area contributed by atoms with Gasteiger partial charge in [-0.3, -0.25) is 0 Å². The topological polar surface area (TPSA) is 46.2 Å². The van der Waals surface area contributed by atoms with Crippen LogP contribution < -0.4 is 5.32 Å². The minimum atomic E-state index is -3.10. The van der Waals surface area contributed by atoms with Gasteiger partial charge in [-0.15, -0.1) is 0 Å². The van der Waals surface area contributed by atoms with Crippen molar-refractivity contribution in [3.8, 4) is 0 Å². The summed E-state index contributed by atoms with van der Waals surface area (Å²) in [6, 6.07) is 7.97. The normalized spacial score (nSPS) is 15.1. The van der Waals surface area contributed by atoms with Crippen molar-refractivity contribution in [3.63, 3.8) is 0 Å². The van der Waals surface area contributed by atoms with E-state index in [9.17, 15) is 8.42 Å². The van der Waals surface area contributed by atoms with E-state index in [1.165, 1.54) is 5.56 Å². The number of aryl methyl sites for hydroxylation is 1. The Hall–Kier alpha value is -0.870. The molecule has 0 aromatic heterocycles. The molecule has 0 aliphatic rings. The van der Waals surface area contributed by atoms with E-state index in [0.717, 1.165) is 18.5 Å². The van der Waals surface area contributed by atoms with Crippen LogP contribution in [0.25, 0.3) is 0 Å². The van der Waals surface area contributed by atoms with Gasteiger partial charge in [-0.25, -0.2) is 8.42 Å². The SMILES string of the molecule is CCNC(c1ccc(C)cc1)C(C)S(=O)(=O)CCC(C)C. The Morgan fingerprint density at radius 3 is 2.14 bits per heavy atom. The van der Waals surface area contributed by atoms with Crippen LogP contribution in [-0.4, -0.2) is 26.0 Å². The molecule has 2 atom stereocenters. The van der Waals surface area contributed by atoms with E-state index < -0.39 is 15.1 Å². The highest BCUT2D eigenvalue weighted by atomic mass is 32.2. The van der Waals surface area contributed by atoms with E-state index in [4.69, 9.17) is 0 Å². The quantitative estimate of drug-likeness (QED) is 0.799. The minimum absolute atomic E-state index is 0.146. The number of sulfone groups is 1. The zero-order valence-corrected chi connectivity index (χ0v) is 14.7. The molecule has 0 spiro atoms. The van der Waals surface area contributed by atoms with Gasteiger partial charge in [-0.2, -0.15) is 0 Å². The van der Waals surface area contributed by atoms with Crippen LogP contribution in [0.1, 0.15) is 51.3 Å². The van der Waals surface area contributed by atoms with Crippen molar-refractivity contribution < 1.29 is 8.42 Å². The average molecular weight is 311 g/mol. The van der Waals surface area contributed by atoms with Gasteiger partial charge in [-0.05, 0) is 38.3 Å². The molecule has 3 nitrogen and oxygen atoms in total. The Kier molecular flexibility index (Phi) is 6.88. The molecule has 0 bridgehead atoms. The largest absolute Gasteiger partial charge is 0.309 e. The van der Waals surface area contributed by atoms with Gasteiger partial charge in [-0.1, -0.05) is 50.6 Å². The predicted molar refractivity (Wildman–Crippen MR) is 90.3 cm³/mol. The van der Waals surface area contributed by atoms with Crippen LogP contribution in [0.3, 0.4) is 0 Å². The highest BCUT2D eigenvalue weighted by Crippen LogP contribution is 2.24. The first-order chi connectivity index (χ1) is 9.77. The van der Waals surface area contributed by atoms with Gasteiger partial charge < -0.3 is 5.32 Å². The van der Waals surface area contributed by atoms with E-state index in [2.05, 4.69) is 19.2 Å². The van der Waals surface area contributed by atoms with Crippen LogP contribution in [0.15, 0.2) is 24.3 Å². The monoisotopic (exact) mass is 311 g/mol. The van der Waals surface area contributed by atoms with Crippen LogP contribution in [-0.2, 0) is 9.84 Å². The van der Waals surface area contributed by atoms with Gasteiger partial charge in [0, 0.05) is 6.04 Å². The lowest BCUT2D eigenvalue weighted by Gasteiger charge is -2.25. The molecule has 0 heterocycles. The number of nitrogens with one attached hydrogen (secondary N) is 1. The van der Waals surface area contributed by atoms with Crippen molar-refractivity contribution in [2.45, 2.75) is 52.3 Å². The number of hydrogen-bond donors (Lipinski definition) is 1. The second-order valence-electron chi connectivity index (χ2n) is 6.20. The summed E-state index contributed by atoms with van der Waals surface area (Å²) in [5, 5.41) is 2.92. The highest BCUT2D eigenvalue weighted by molar-refractivity contribution is 7.92. The Balaban J connectivity index is 2.96. The van der Waals surface area contributed by atoms with Gasteiger partial charge in [0.2, 0.25) is 0 Å². The second kappa shape index (κ2) is 7.95. The fourth-order valence-corrected chi connectivity index (χ4v) is 4.18. The van der Waals surface area contributed by atoms with Gasteiger partial charge >= 0.3 is 0 Å². The molecule has 0 saturated carbocycles. The number of benzene rings is 1. The maximum Gasteiger partial charge on any atom is 0.154 e. The first-order valence-electron chi connectivity index (χ1n) is 7.79. The molecule has 4 heteroatoms. The number of hydrogen-bond acceptors (Lipinski definition) is 3. The molecule has 0 saturated heterocycles. The third-order valence-electron chi connectivity index (χ3n) is 3.88. The lowest BCUT2D eigenvalue weighted by Crippen LogP contribution is -2.36. The lowest BCUT2D eigenvalue weighted by molar-refractivity contribution is 0.504. The average Bonchev–Trinajstić information content (AvgIpc) is 2.43. The van der Waals surface area contributed by atoms with Gasteiger partial charge in [0.25, 0.3) is 0 Å². The third-order valence-corrected chi connectivity index (χ3v) is 6.09. The van der Waals surface area contributed by atoms with Crippen molar-refractivity contribution in [1.29, 1.82) is 0 Å². The van der Waals surface area contributed by atoms with Crippen LogP contribution in [0.2, 0.25) is 0 Å². The van der Waals surface area contributed by atoms with Crippen molar-refractivity contribution in [1.82, 2.24) is 5.32 Å². The predicted octanol–water partition coefficient (Wildman–Crippen LogP) is 3.50. The lowest BCUT2D eigenvalue weighted by atomic mass is 10.0. The Labute approximate surface area is 130 Å². The number of rotatable bonds is 8. The van der Waals surface area contributed by atoms with Crippen molar-refractivity contribution in [3.05, 3.63) is 35.4 Å². The molecule has 1 aromatic carbocycles. The molecule has 0 aliphatic heterocycles. The van der Waals surface area contributed by atoms with Crippen LogP contribution in [0.4, 0.5) is 0 Å². The molecule has 21 heavy (non-hydrogen) atoms. The minimum Gasteiger partial charge on any atom is -0.309 e. The molecule has 0 amide bonds.